The van der Waals surface area contributed by atoms with Crippen molar-refractivity contribution >= 4 is 43.2 Å². The number of rotatable bonds is 4. The van der Waals surface area contributed by atoms with E-state index in [1.165, 1.54) is 0 Å². The van der Waals surface area contributed by atoms with E-state index < -0.39 is 10.0 Å². The fraction of sp³-hybridized carbons (Fsp3) is 0.0769. The van der Waals surface area contributed by atoms with Gasteiger partial charge in [0, 0.05) is 0 Å². The lowest BCUT2D eigenvalue weighted by Crippen LogP contribution is -2.15. The van der Waals surface area contributed by atoms with Crippen molar-refractivity contribution in [2.24, 2.45) is 0 Å². The zero-order valence-electron chi connectivity index (χ0n) is 9.81. The first-order valence-electron chi connectivity index (χ1n) is 5.46. The number of anilines is 1. The molecule has 2 aromatic rings. The van der Waals surface area contributed by atoms with Gasteiger partial charge in [-0.15, -0.1) is 0 Å². The highest BCUT2D eigenvalue weighted by Gasteiger charge is 2.14. The Kier molecular flexibility index (Phi) is 4.50. The zero-order valence-corrected chi connectivity index (χ0v) is 13.0. The maximum atomic E-state index is 12.1. The molecule has 3 nitrogen and oxygen atoms in total. The fourth-order valence-corrected chi connectivity index (χ4v) is 3.46. The highest BCUT2D eigenvalue weighted by Crippen LogP contribution is 2.30. The molecular formula is C13H11BrClNO2S. The topological polar surface area (TPSA) is 46.2 Å². The van der Waals surface area contributed by atoms with Crippen LogP contribution in [0.15, 0.2) is 53.0 Å². The largest absolute Gasteiger partial charge is 0.282 e. The van der Waals surface area contributed by atoms with Crippen LogP contribution in [0.3, 0.4) is 0 Å². The summed E-state index contributed by atoms with van der Waals surface area (Å²) in [4.78, 5) is 0. The van der Waals surface area contributed by atoms with E-state index >= 15 is 0 Å². The molecule has 2 rings (SSSR count). The molecule has 1 N–H and O–H groups in total. The second kappa shape index (κ2) is 5.94. The Labute approximate surface area is 125 Å². The van der Waals surface area contributed by atoms with Gasteiger partial charge in [0.25, 0.3) is 0 Å². The fourth-order valence-electron chi connectivity index (χ4n) is 1.58. The first-order valence-corrected chi connectivity index (χ1v) is 8.29. The Morgan fingerprint density at radius 3 is 2.42 bits per heavy atom. The van der Waals surface area contributed by atoms with Crippen LogP contribution in [0.5, 0.6) is 0 Å². The standard InChI is InChI=1S/C13H11BrClNO2S/c14-13-11(15)7-4-8-12(13)16-19(17,18)9-10-5-2-1-3-6-10/h1-8,16H,9H2. The summed E-state index contributed by atoms with van der Waals surface area (Å²) in [5.74, 6) is -0.0766. The molecule has 0 saturated carbocycles. The molecule has 0 radical (unpaired) electrons. The number of hydrogen-bond donors (Lipinski definition) is 1. The molecule has 0 fully saturated rings. The molecular weight excluding hydrogens is 350 g/mol. The van der Waals surface area contributed by atoms with Crippen LogP contribution in [-0.2, 0) is 15.8 Å². The molecule has 0 aromatic heterocycles. The van der Waals surface area contributed by atoms with Crippen molar-refractivity contribution in [2.45, 2.75) is 5.75 Å². The molecule has 0 aliphatic heterocycles. The van der Waals surface area contributed by atoms with Crippen molar-refractivity contribution in [2.75, 3.05) is 4.72 Å². The third kappa shape index (κ3) is 3.96. The third-order valence-electron chi connectivity index (χ3n) is 2.42. The van der Waals surface area contributed by atoms with Gasteiger partial charge >= 0.3 is 0 Å². The van der Waals surface area contributed by atoms with Crippen LogP contribution in [0.2, 0.25) is 5.02 Å². The minimum Gasteiger partial charge on any atom is -0.282 e. The smallest absolute Gasteiger partial charge is 0.236 e. The molecule has 19 heavy (non-hydrogen) atoms. The summed E-state index contributed by atoms with van der Waals surface area (Å²) in [5, 5.41) is 0.458. The van der Waals surface area contributed by atoms with Gasteiger partial charge in [0.2, 0.25) is 10.0 Å². The average Bonchev–Trinajstić information content (AvgIpc) is 2.35. The van der Waals surface area contributed by atoms with E-state index in [0.29, 0.717) is 15.2 Å². The van der Waals surface area contributed by atoms with E-state index in [1.807, 2.05) is 6.07 Å². The number of nitrogens with one attached hydrogen (secondary N) is 1. The second-order valence-corrected chi connectivity index (χ2v) is 6.87. The van der Waals surface area contributed by atoms with E-state index in [2.05, 4.69) is 20.7 Å². The number of halogens is 2. The second-order valence-electron chi connectivity index (χ2n) is 3.95. The van der Waals surface area contributed by atoms with Gasteiger partial charge < -0.3 is 0 Å². The van der Waals surface area contributed by atoms with E-state index in [0.717, 1.165) is 5.56 Å². The first-order chi connectivity index (χ1) is 8.98. The monoisotopic (exact) mass is 359 g/mol. The van der Waals surface area contributed by atoms with Crippen molar-refractivity contribution in [1.29, 1.82) is 0 Å². The van der Waals surface area contributed by atoms with E-state index in [1.54, 1.807) is 42.5 Å². The Balaban J connectivity index is 2.20. The van der Waals surface area contributed by atoms with Gasteiger partial charge in [0.1, 0.15) is 0 Å². The van der Waals surface area contributed by atoms with Crippen molar-refractivity contribution in [3.8, 4) is 0 Å². The van der Waals surface area contributed by atoms with Crippen LogP contribution in [0.25, 0.3) is 0 Å². The Morgan fingerprint density at radius 2 is 1.74 bits per heavy atom. The third-order valence-corrected chi connectivity index (χ3v) is 5.06. The van der Waals surface area contributed by atoms with Gasteiger partial charge in [-0.1, -0.05) is 48.0 Å². The average molecular weight is 361 g/mol. The normalized spacial score (nSPS) is 11.3. The molecule has 0 saturated heterocycles. The summed E-state index contributed by atoms with van der Waals surface area (Å²) in [6, 6.07) is 14.0. The van der Waals surface area contributed by atoms with Gasteiger partial charge in [-0.3, -0.25) is 4.72 Å². The summed E-state index contributed by atoms with van der Waals surface area (Å²) >= 11 is 9.18. The summed E-state index contributed by atoms with van der Waals surface area (Å²) in [7, 11) is -3.47. The van der Waals surface area contributed by atoms with Crippen LogP contribution >= 0.6 is 27.5 Å². The molecule has 0 atom stereocenters. The summed E-state index contributed by atoms with van der Waals surface area (Å²) < 4.78 is 27.2. The van der Waals surface area contributed by atoms with Crippen LogP contribution in [0.1, 0.15) is 5.56 Å². The lowest BCUT2D eigenvalue weighted by atomic mass is 10.2. The summed E-state index contributed by atoms with van der Waals surface area (Å²) in [6.45, 7) is 0. The molecule has 0 aliphatic rings. The van der Waals surface area contributed by atoms with Gasteiger partial charge in [-0.2, -0.15) is 0 Å². The Morgan fingerprint density at radius 1 is 1.05 bits per heavy atom. The predicted octanol–water partition coefficient (Wildman–Crippen LogP) is 4.04. The van der Waals surface area contributed by atoms with Crippen LogP contribution in [0.4, 0.5) is 5.69 Å². The van der Waals surface area contributed by atoms with E-state index in [-0.39, 0.29) is 5.75 Å². The molecule has 0 bridgehead atoms. The number of hydrogen-bond acceptors (Lipinski definition) is 2. The van der Waals surface area contributed by atoms with Gasteiger partial charge in [-0.05, 0) is 33.6 Å². The highest BCUT2D eigenvalue weighted by molar-refractivity contribution is 9.10. The quantitative estimate of drug-likeness (QED) is 0.894. The van der Waals surface area contributed by atoms with Crippen molar-refractivity contribution in [3.05, 3.63) is 63.6 Å². The summed E-state index contributed by atoms with van der Waals surface area (Å²) in [6.07, 6.45) is 0. The van der Waals surface area contributed by atoms with Gasteiger partial charge in [-0.25, -0.2) is 8.42 Å². The predicted molar refractivity (Wildman–Crippen MR) is 81.8 cm³/mol. The molecule has 2 aromatic carbocycles. The molecule has 100 valence electrons. The maximum Gasteiger partial charge on any atom is 0.236 e. The van der Waals surface area contributed by atoms with E-state index in [4.69, 9.17) is 11.6 Å². The Hall–Kier alpha value is -1.04. The molecule has 6 heteroatoms. The Bertz CT molecular complexity index is 674. The van der Waals surface area contributed by atoms with Gasteiger partial charge in [0.15, 0.2) is 0 Å². The molecule has 0 spiro atoms. The minimum atomic E-state index is -3.47. The van der Waals surface area contributed by atoms with Crippen molar-refractivity contribution < 1.29 is 8.42 Å². The van der Waals surface area contributed by atoms with Crippen molar-refractivity contribution in [3.63, 3.8) is 0 Å². The number of benzene rings is 2. The number of sulfonamides is 1. The SMILES string of the molecule is O=S(=O)(Cc1ccccc1)Nc1cccc(Cl)c1Br. The van der Waals surface area contributed by atoms with Crippen LogP contribution in [-0.4, -0.2) is 8.42 Å². The first kappa shape index (κ1) is 14.4. The highest BCUT2D eigenvalue weighted by atomic mass is 79.9. The van der Waals surface area contributed by atoms with Crippen molar-refractivity contribution in [1.82, 2.24) is 0 Å². The maximum absolute atomic E-state index is 12.1. The minimum absolute atomic E-state index is 0.0766. The van der Waals surface area contributed by atoms with E-state index in [9.17, 15) is 8.42 Å². The van der Waals surface area contributed by atoms with Crippen LogP contribution < -0.4 is 4.72 Å². The van der Waals surface area contributed by atoms with Gasteiger partial charge in [0.05, 0.1) is 20.9 Å². The molecule has 0 unspecified atom stereocenters. The lowest BCUT2D eigenvalue weighted by Gasteiger charge is -2.10. The van der Waals surface area contributed by atoms with Crippen LogP contribution in [0, 0.1) is 0 Å². The molecule has 0 amide bonds. The summed E-state index contributed by atoms with van der Waals surface area (Å²) in [5.41, 5.74) is 1.16. The molecule has 0 aliphatic carbocycles. The molecule has 0 heterocycles. The lowest BCUT2D eigenvalue weighted by molar-refractivity contribution is 0.600. The zero-order chi connectivity index (χ0) is 13.9.